The zero-order chi connectivity index (χ0) is 25.5. The second-order valence-corrected chi connectivity index (χ2v) is 8.95. The summed E-state index contributed by atoms with van der Waals surface area (Å²) in [6.45, 7) is 2.31. The lowest BCUT2D eigenvalue weighted by molar-refractivity contribution is 0.0954. The van der Waals surface area contributed by atoms with Gasteiger partial charge in [0.2, 0.25) is 0 Å². The number of Topliss-reactive ketones (excluding diaryl/α,β-unsaturated/α-hetero) is 1. The van der Waals surface area contributed by atoms with Crippen LogP contribution in [0.3, 0.4) is 0 Å². The van der Waals surface area contributed by atoms with Gasteiger partial charge in [0.25, 0.3) is 21.7 Å². The highest BCUT2D eigenvalue weighted by Gasteiger charge is 2.22. The Morgan fingerprint density at radius 3 is 2.11 bits per heavy atom. The quantitative estimate of drug-likeness (QED) is 0.187. The van der Waals surface area contributed by atoms with Crippen molar-refractivity contribution in [3.8, 4) is 5.75 Å². The zero-order valence-corrected chi connectivity index (χ0v) is 19.8. The van der Waals surface area contributed by atoms with Crippen LogP contribution in [-0.4, -0.2) is 32.4 Å². The van der Waals surface area contributed by atoms with Crippen LogP contribution in [0.4, 0.5) is 5.69 Å². The van der Waals surface area contributed by atoms with E-state index < -0.39 is 21.7 Å². The molecule has 0 saturated carbocycles. The van der Waals surface area contributed by atoms with E-state index in [1.807, 2.05) is 6.92 Å². The van der Waals surface area contributed by atoms with Crippen molar-refractivity contribution in [2.45, 2.75) is 11.8 Å². The van der Waals surface area contributed by atoms with Gasteiger partial charge in [0.1, 0.15) is 5.75 Å². The molecule has 4 aromatic rings. The van der Waals surface area contributed by atoms with Gasteiger partial charge in [-0.2, -0.15) is 5.10 Å². The first-order valence-electron chi connectivity index (χ1n) is 10.7. The average Bonchev–Trinajstić information content (AvgIpc) is 3.60. The molecule has 36 heavy (non-hydrogen) atoms. The molecule has 0 unspecified atom stereocenters. The summed E-state index contributed by atoms with van der Waals surface area (Å²) in [6.07, 6.45) is 2.71. The van der Waals surface area contributed by atoms with Crippen LogP contribution in [0, 0.1) is 0 Å². The summed E-state index contributed by atoms with van der Waals surface area (Å²) in [5.41, 5.74) is 2.61. The summed E-state index contributed by atoms with van der Waals surface area (Å²) in [7, 11) is -3.84. The molecule has 0 saturated heterocycles. The highest BCUT2D eigenvalue weighted by atomic mass is 32.2. The third-order valence-electron chi connectivity index (χ3n) is 4.83. The number of nitrogens with one attached hydrogen (secondary N) is 2. The van der Waals surface area contributed by atoms with E-state index in [0.29, 0.717) is 12.4 Å². The molecule has 2 aromatic heterocycles. The predicted octanol–water partition coefficient (Wildman–Crippen LogP) is 4.09. The van der Waals surface area contributed by atoms with E-state index in [9.17, 15) is 18.0 Å². The van der Waals surface area contributed by atoms with Gasteiger partial charge in [-0.1, -0.05) is 0 Å². The number of ether oxygens (including phenoxy) is 1. The number of furan rings is 2. The van der Waals surface area contributed by atoms with Crippen molar-refractivity contribution in [3.63, 3.8) is 0 Å². The van der Waals surface area contributed by atoms with Crippen LogP contribution in [0.1, 0.15) is 33.6 Å². The molecular formula is C25H21N3O7S. The Bertz CT molecular complexity index is 1460. The maximum atomic E-state index is 12.7. The van der Waals surface area contributed by atoms with Crippen LogP contribution in [0.5, 0.6) is 5.75 Å². The third-order valence-corrected chi connectivity index (χ3v) is 6.23. The smallest absolute Gasteiger partial charge is 0.271 e. The van der Waals surface area contributed by atoms with Crippen LogP contribution in [0.25, 0.3) is 0 Å². The van der Waals surface area contributed by atoms with E-state index >= 15 is 0 Å². The first-order chi connectivity index (χ1) is 17.4. The van der Waals surface area contributed by atoms with Gasteiger partial charge in [-0.15, -0.1) is 0 Å². The highest BCUT2D eigenvalue weighted by molar-refractivity contribution is 7.92. The van der Waals surface area contributed by atoms with E-state index in [1.165, 1.54) is 61.1 Å². The van der Waals surface area contributed by atoms with Crippen LogP contribution >= 0.6 is 0 Å². The lowest BCUT2D eigenvalue weighted by Crippen LogP contribution is -2.24. The topological polar surface area (TPSA) is 140 Å². The fourth-order valence-corrected chi connectivity index (χ4v) is 4.17. The van der Waals surface area contributed by atoms with Crippen molar-refractivity contribution < 1.29 is 31.6 Å². The molecule has 0 fully saturated rings. The summed E-state index contributed by atoms with van der Waals surface area (Å²) in [4.78, 5) is 25.4. The van der Waals surface area contributed by atoms with Gasteiger partial charge in [0.05, 0.1) is 24.0 Å². The lowest BCUT2D eigenvalue weighted by Gasteiger charge is -2.10. The number of nitrogens with zero attached hydrogens (tertiary/aromatic N) is 1. The number of ketones is 1. The molecule has 0 radical (unpaired) electrons. The minimum Gasteiger partial charge on any atom is -0.494 e. The number of carbonyl (C=O) groups excluding carboxylic acids is 2. The zero-order valence-electron chi connectivity index (χ0n) is 19.0. The first-order valence-corrected chi connectivity index (χ1v) is 12.2. The Morgan fingerprint density at radius 1 is 0.889 bits per heavy atom. The third kappa shape index (κ3) is 5.70. The van der Waals surface area contributed by atoms with Crippen molar-refractivity contribution in [1.82, 2.24) is 5.43 Å². The lowest BCUT2D eigenvalue weighted by atomic mass is 10.1. The number of amides is 1. The number of rotatable bonds is 10. The molecule has 2 heterocycles. The molecule has 0 aliphatic rings. The summed E-state index contributed by atoms with van der Waals surface area (Å²) in [5, 5.41) is 3.93. The minimum atomic E-state index is -3.84. The van der Waals surface area contributed by atoms with E-state index in [4.69, 9.17) is 13.6 Å². The summed E-state index contributed by atoms with van der Waals surface area (Å²) in [6, 6.07) is 17.8. The summed E-state index contributed by atoms with van der Waals surface area (Å²) < 4.78 is 43.4. The molecule has 0 spiro atoms. The number of hydrogen-bond acceptors (Lipinski definition) is 8. The predicted molar refractivity (Wildman–Crippen MR) is 131 cm³/mol. The Hall–Kier alpha value is -4.64. The van der Waals surface area contributed by atoms with Crippen molar-refractivity contribution in [1.29, 1.82) is 0 Å². The molecular weight excluding hydrogens is 486 g/mol. The van der Waals surface area contributed by atoms with E-state index in [1.54, 1.807) is 24.3 Å². The maximum Gasteiger partial charge on any atom is 0.271 e. The van der Waals surface area contributed by atoms with Gasteiger partial charge in [0.15, 0.2) is 17.2 Å². The molecule has 2 aromatic carbocycles. The van der Waals surface area contributed by atoms with E-state index in [2.05, 4.69) is 15.2 Å². The van der Waals surface area contributed by atoms with Gasteiger partial charge < -0.3 is 13.6 Å². The monoisotopic (exact) mass is 507 g/mol. The maximum absolute atomic E-state index is 12.7. The van der Waals surface area contributed by atoms with Gasteiger partial charge in [0, 0.05) is 11.3 Å². The standard InChI is InChI=1S/C25H21N3O7S/c1-2-33-19-11-13-20(14-12-19)36(31,32)28-18-9-7-17(8-10-18)25(30)27-26-23(21-5-3-15-34-21)24(29)22-6-4-16-35-22/h3-16,28H,2H2,1H3,(H,27,30). The average molecular weight is 508 g/mol. The van der Waals surface area contributed by atoms with Crippen molar-refractivity contribution in [2.24, 2.45) is 5.10 Å². The van der Waals surface area contributed by atoms with Crippen molar-refractivity contribution >= 4 is 33.1 Å². The van der Waals surface area contributed by atoms with Crippen LogP contribution in [0.2, 0.25) is 0 Å². The van der Waals surface area contributed by atoms with Gasteiger partial charge in [-0.3, -0.25) is 14.3 Å². The van der Waals surface area contributed by atoms with E-state index in [-0.39, 0.29) is 33.4 Å². The molecule has 0 aliphatic carbocycles. The molecule has 10 nitrogen and oxygen atoms in total. The minimum absolute atomic E-state index is 0.0311. The second-order valence-electron chi connectivity index (χ2n) is 7.27. The van der Waals surface area contributed by atoms with Gasteiger partial charge >= 0.3 is 0 Å². The van der Waals surface area contributed by atoms with Crippen molar-refractivity contribution in [2.75, 3.05) is 11.3 Å². The molecule has 0 bridgehead atoms. The van der Waals surface area contributed by atoms with Crippen LogP contribution in [-0.2, 0) is 10.0 Å². The first kappa shape index (κ1) is 24.5. The van der Waals surface area contributed by atoms with Crippen LogP contribution < -0.4 is 14.9 Å². The number of hydrazone groups is 1. The molecule has 4 rings (SSSR count). The number of carbonyl (C=O) groups is 2. The molecule has 184 valence electrons. The Morgan fingerprint density at radius 2 is 1.53 bits per heavy atom. The van der Waals surface area contributed by atoms with Crippen LogP contribution in [0.15, 0.2) is 104 Å². The molecule has 0 atom stereocenters. The summed E-state index contributed by atoms with van der Waals surface area (Å²) in [5.74, 6) is -0.448. The molecule has 1 amide bonds. The molecule has 11 heteroatoms. The number of benzene rings is 2. The van der Waals surface area contributed by atoms with Gasteiger partial charge in [-0.05, 0) is 79.7 Å². The molecule has 2 N–H and O–H groups in total. The summed E-state index contributed by atoms with van der Waals surface area (Å²) >= 11 is 0. The normalized spacial score (nSPS) is 11.6. The fraction of sp³-hybridized carbons (Fsp3) is 0.0800. The number of hydrogen-bond donors (Lipinski definition) is 2. The number of sulfonamides is 1. The SMILES string of the molecule is CCOc1ccc(S(=O)(=O)Nc2ccc(C(=O)NN=C(C(=O)c3ccco3)c3ccco3)cc2)cc1. The molecule has 0 aliphatic heterocycles. The van der Waals surface area contributed by atoms with Crippen molar-refractivity contribution in [3.05, 3.63) is 102 Å². The Kier molecular flexibility index (Phi) is 7.31. The largest absolute Gasteiger partial charge is 0.494 e. The number of anilines is 1. The van der Waals surface area contributed by atoms with E-state index in [0.717, 1.165) is 0 Å². The van der Waals surface area contributed by atoms with Gasteiger partial charge in [-0.25, -0.2) is 13.8 Å². The fourth-order valence-electron chi connectivity index (χ4n) is 3.11. The second kappa shape index (κ2) is 10.7. The Labute approximate surface area is 206 Å². The highest BCUT2D eigenvalue weighted by Crippen LogP contribution is 2.20. The Balaban J connectivity index is 1.45.